The lowest BCUT2D eigenvalue weighted by molar-refractivity contribution is -0.201. The molecule has 1 saturated heterocycles. The van der Waals surface area contributed by atoms with E-state index >= 15 is 0 Å². The number of hydrogen-bond acceptors (Lipinski definition) is 5. The minimum atomic E-state index is -1.81. The van der Waals surface area contributed by atoms with Gasteiger partial charge in [-0.2, -0.15) is 0 Å². The zero-order valence-corrected chi connectivity index (χ0v) is 20.1. The van der Waals surface area contributed by atoms with Gasteiger partial charge in [0.15, 0.2) is 8.32 Å². The number of rotatable bonds is 3. The third-order valence-corrected chi connectivity index (χ3v) is 10.5. The van der Waals surface area contributed by atoms with E-state index in [0.29, 0.717) is 12.5 Å². The summed E-state index contributed by atoms with van der Waals surface area (Å²) in [7, 11) is -0.309. The lowest BCUT2D eigenvalue weighted by atomic mass is 9.51. The van der Waals surface area contributed by atoms with Gasteiger partial charge in [0.1, 0.15) is 0 Å². The van der Waals surface area contributed by atoms with Gasteiger partial charge in [-0.3, -0.25) is 9.59 Å². The van der Waals surface area contributed by atoms with Gasteiger partial charge >= 0.3 is 11.9 Å². The van der Waals surface area contributed by atoms with Crippen molar-refractivity contribution in [3.63, 3.8) is 0 Å². The third kappa shape index (κ3) is 2.33. The molecule has 7 atom stereocenters. The number of hydrogen-bond donors (Lipinski definition) is 0. The van der Waals surface area contributed by atoms with Gasteiger partial charge in [0.05, 0.1) is 30.7 Å². The van der Waals surface area contributed by atoms with Crippen molar-refractivity contribution in [1.82, 2.24) is 0 Å². The zero-order valence-electron chi connectivity index (χ0n) is 19.1. The predicted octanol–water partition coefficient (Wildman–Crippen LogP) is 4.48. The molecule has 0 aromatic rings. The fraction of sp³-hybridized carbons (Fsp3) is 0.833. The molecule has 5 fully saturated rings. The Balaban J connectivity index is 1.68. The van der Waals surface area contributed by atoms with Crippen molar-refractivity contribution in [3.05, 3.63) is 12.2 Å². The van der Waals surface area contributed by atoms with Crippen molar-refractivity contribution in [1.29, 1.82) is 0 Å². The Morgan fingerprint density at radius 2 is 1.93 bits per heavy atom. The van der Waals surface area contributed by atoms with Crippen LogP contribution >= 0.6 is 0 Å². The standard InChI is InChI=1S/C24H36O5Si/c1-15-12-23-13-24(15,29-30(4,5)6)11-8-16(23)22-10-7-9-21(2,20(26)28-14-22)18(22)17(23)19(25)27-3/h16-18H,1,7-14H2,2-6H3/t16?,17?,18?,21?,22-,23+,24+/m1/s1. The van der Waals surface area contributed by atoms with Crippen LogP contribution in [-0.2, 0) is 23.5 Å². The van der Waals surface area contributed by atoms with Crippen LogP contribution in [0.5, 0.6) is 0 Å². The highest BCUT2D eigenvalue weighted by atomic mass is 28.4. The van der Waals surface area contributed by atoms with Gasteiger partial charge in [0.25, 0.3) is 0 Å². The van der Waals surface area contributed by atoms with Gasteiger partial charge in [0, 0.05) is 5.41 Å². The molecule has 0 aromatic heterocycles. The van der Waals surface area contributed by atoms with Crippen LogP contribution in [0.2, 0.25) is 19.6 Å². The van der Waals surface area contributed by atoms with Gasteiger partial charge in [-0.15, -0.1) is 0 Å². The fourth-order valence-electron chi connectivity index (χ4n) is 9.00. The summed E-state index contributed by atoms with van der Waals surface area (Å²) < 4.78 is 18.1. The van der Waals surface area contributed by atoms with Crippen LogP contribution in [0.3, 0.4) is 0 Å². The van der Waals surface area contributed by atoms with Gasteiger partial charge in [-0.25, -0.2) is 0 Å². The molecule has 5 rings (SSSR count). The number of esters is 2. The predicted molar refractivity (Wildman–Crippen MR) is 115 cm³/mol. The van der Waals surface area contributed by atoms with Crippen molar-refractivity contribution in [2.24, 2.45) is 34.0 Å². The Labute approximate surface area is 181 Å². The van der Waals surface area contributed by atoms with Gasteiger partial charge in [0.2, 0.25) is 0 Å². The third-order valence-electron chi connectivity index (χ3n) is 9.52. The number of methoxy groups -OCH3 is 1. The molecule has 4 unspecified atom stereocenters. The maximum absolute atomic E-state index is 13.4. The molecule has 0 amide bonds. The monoisotopic (exact) mass is 432 g/mol. The molecule has 5 nitrogen and oxygen atoms in total. The van der Waals surface area contributed by atoms with Crippen molar-refractivity contribution >= 4 is 20.3 Å². The van der Waals surface area contributed by atoms with Gasteiger partial charge < -0.3 is 13.9 Å². The Morgan fingerprint density at radius 3 is 2.60 bits per heavy atom. The summed E-state index contributed by atoms with van der Waals surface area (Å²) >= 11 is 0. The first-order chi connectivity index (χ1) is 13.9. The first-order valence-electron chi connectivity index (χ1n) is 11.6. The van der Waals surface area contributed by atoms with Crippen molar-refractivity contribution in [2.75, 3.05) is 13.7 Å². The topological polar surface area (TPSA) is 61.8 Å². The van der Waals surface area contributed by atoms with Crippen LogP contribution in [0.25, 0.3) is 0 Å². The minimum Gasteiger partial charge on any atom is -0.469 e. The van der Waals surface area contributed by atoms with Crippen LogP contribution in [0.15, 0.2) is 12.2 Å². The Kier molecular flexibility index (Phi) is 4.15. The van der Waals surface area contributed by atoms with Crippen LogP contribution in [0, 0.1) is 34.0 Å². The van der Waals surface area contributed by atoms with Crippen LogP contribution in [-0.4, -0.2) is 39.6 Å². The molecule has 4 bridgehead atoms. The van der Waals surface area contributed by atoms with Crippen LogP contribution < -0.4 is 0 Å². The molecule has 0 N–H and O–H groups in total. The molecule has 1 heterocycles. The molecule has 6 heteroatoms. The zero-order chi connectivity index (χ0) is 21.7. The normalized spacial score (nSPS) is 49.3. The fourth-order valence-corrected chi connectivity index (χ4v) is 10.5. The minimum absolute atomic E-state index is 0.00830. The summed E-state index contributed by atoms with van der Waals surface area (Å²) in [6.07, 6.45) is 6.50. The highest BCUT2D eigenvalue weighted by Crippen LogP contribution is 2.79. The lowest BCUT2D eigenvalue weighted by Gasteiger charge is -2.56. The average Bonchev–Trinajstić information content (AvgIpc) is 3.02. The molecule has 0 radical (unpaired) electrons. The second-order valence-corrected chi connectivity index (χ2v) is 16.5. The molecule has 5 aliphatic rings. The molecule has 4 saturated carbocycles. The first kappa shape index (κ1) is 20.7. The second kappa shape index (κ2) is 6.00. The Hall–Kier alpha value is -1.14. The first-order valence-corrected chi connectivity index (χ1v) is 15.0. The lowest BCUT2D eigenvalue weighted by Crippen LogP contribution is -2.58. The second-order valence-electron chi connectivity index (χ2n) is 12.0. The molecule has 30 heavy (non-hydrogen) atoms. The molecule has 1 aliphatic heterocycles. The van der Waals surface area contributed by atoms with E-state index < -0.39 is 13.7 Å². The number of carbonyl (C=O) groups excluding carboxylic acids is 2. The maximum atomic E-state index is 13.4. The summed E-state index contributed by atoms with van der Waals surface area (Å²) in [5.41, 5.74) is -0.115. The quantitative estimate of drug-likeness (QED) is 0.374. The number of cyclic esters (lactones) is 1. The molecular formula is C24H36O5Si. The van der Waals surface area contributed by atoms with E-state index in [0.717, 1.165) is 50.5 Å². The van der Waals surface area contributed by atoms with Crippen molar-refractivity contribution in [2.45, 2.75) is 77.1 Å². The SMILES string of the molecule is C=C1C[C@]23C[C@@]1(O[Si](C)(C)C)CCC2[C@@]12CCCC(C)(C(=O)OC1)C2C3C(=O)OC. The summed E-state index contributed by atoms with van der Waals surface area (Å²) in [4.78, 5) is 26.5. The summed E-state index contributed by atoms with van der Waals surface area (Å²) in [6.45, 7) is 13.7. The van der Waals surface area contributed by atoms with E-state index in [2.05, 4.69) is 26.2 Å². The van der Waals surface area contributed by atoms with Crippen LogP contribution in [0.1, 0.15) is 51.9 Å². The molecule has 1 spiro atoms. The molecule has 4 aliphatic carbocycles. The van der Waals surface area contributed by atoms with Gasteiger partial charge in [-0.05, 0) is 87.9 Å². The average molecular weight is 433 g/mol. The van der Waals surface area contributed by atoms with Crippen LogP contribution in [0.4, 0.5) is 0 Å². The number of fused-ring (bicyclic) bond motifs is 1. The summed E-state index contributed by atoms with van der Waals surface area (Å²) in [5.74, 6) is -0.202. The summed E-state index contributed by atoms with van der Waals surface area (Å²) in [6, 6.07) is 0. The van der Waals surface area contributed by atoms with E-state index in [9.17, 15) is 9.59 Å². The van der Waals surface area contributed by atoms with E-state index in [1.165, 1.54) is 7.11 Å². The van der Waals surface area contributed by atoms with E-state index in [4.69, 9.17) is 13.9 Å². The number of carbonyl (C=O) groups is 2. The van der Waals surface area contributed by atoms with E-state index in [1.807, 2.05) is 6.92 Å². The number of ether oxygens (including phenoxy) is 2. The molecule has 166 valence electrons. The summed E-state index contributed by atoms with van der Waals surface area (Å²) in [5, 5.41) is 0. The van der Waals surface area contributed by atoms with Crippen molar-refractivity contribution < 1.29 is 23.5 Å². The highest BCUT2D eigenvalue weighted by Gasteiger charge is 2.80. The Bertz CT molecular complexity index is 832. The maximum Gasteiger partial charge on any atom is 0.312 e. The van der Waals surface area contributed by atoms with E-state index in [-0.39, 0.29) is 40.2 Å². The largest absolute Gasteiger partial charge is 0.469 e. The molecular weight excluding hydrogens is 396 g/mol. The molecule has 0 aromatic carbocycles. The highest BCUT2D eigenvalue weighted by molar-refractivity contribution is 6.69. The smallest absolute Gasteiger partial charge is 0.312 e. The van der Waals surface area contributed by atoms with Crippen molar-refractivity contribution in [3.8, 4) is 0 Å². The Morgan fingerprint density at radius 1 is 1.20 bits per heavy atom. The van der Waals surface area contributed by atoms with Gasteiger partial charge in [-0.1, -0.05) is 13.0 Å². The van der Waals surface area contributed by atoms with E-state index in [1.54, 1.807) is 0 Å².